The number of rotatable bonds is 6. The largest absolute Gasteiger partial charge is 0.452 e. The molecule has 2 aromatic rings. The lowest BCUT2D eigenvalue weighted by molar-refractivity contribution is -0.123. The summed E-state index contributed by atoms with van der Waals surface area (Å²) in [6.07, 6.45) is 0. The minimum Gasteiger partial charge on any atom is -0.452 e. The summed E-state index contributed by atoms with van der Waals surface area (Å²) in [5.41, 5.74) is 0.0478. The first-order chi connectivity index (χ1) is 14.2. The molecule has 1 atom stereocenters. The first kappa shape index (κ1) is 20.7. The Morgan fingerprint density at radius 1 is 1.03 bits per heavy atom. The van der Waals surface area contributed by atoms with Crippen LogP contribution in [0.25, 0.3) is 0 Å². The maximum atomic E-state index is 12.3. The van der Waals surface area contributed by atoms with Gasteiger partial charge in [-0.25, -0.2) is 9.59 Å². The number of anilines is 1. The van der Waals surface area contributed by atoms with Crippen LogP contribution in [0.3, 0.4) is 0 Å². The third-order valence-electron chi connectivity index (χ3n) is 4.61. The van der Waals surface area contributed by atoms with Gasteiger partial charge in [-0.05, 0) is 43.7 Å². The Morgan fingerprint density at radius 2 is 1.73 bits per heavy atom. The van der Waals surface area contributed by atoms with Gasteiger partial charge < -0.3 is 15.4 Å². The van der Waals surface area contributed by atoms with Crippen molar-refractivity contribution in [1.29, 1.82) is 0 Å². The second-order valence-electron chi connectivity index (χ2n) is 6.88. The van der Waals surface area contributed by atoms with Crippen LogP contribution in [0.2, 0.25) is 0 Å². The maximum Gasteiger partial charge on any atom is 0.338 e. The smallest absolute Gasteiger partial charge is 0.338 e. The second kappa shape index (κ2) is 8.16. The van der Waals surface area contributed by atoms with E-state index in [1.165, 1.54) is 32.0 Å². The number of urea groups is 1. The van der Waals surface area contributed by atoms with E-state index in [1.807, 2.05) is 0 Å². The molecule has 154 valence electrons. The van der Waals surface area contributed by atoms with E-state index in [0.717, 1.165) is 0 Å². The van der Waals surface area contributed by atoms with Crippen LogP contribution in [0.5, 0.6) is 0 Å². The van der Waals surface area contributed by atoms with Crippen LogP contribution in [-0.4, -0.2) is 36.2 Å². The number of carbonyl (C=O) groups is 5. The molecule has 2 aromatic carbocycles. The summed E-state index contributed by atoms with van der Waals surface area (Å²) in [5.74, 6) is -2.02. The summed E-state index contributed by atoms with van der Waals surface area (Å²) in [6.45, 7) is 2.39. The molecule has 9 heteroatoms. The average Bonchev–Trinajstić information content (AvgIpc) is 2.99. The summed E-state index contributed by atoms with van der Waals surface area (Å²) in [6, 6.07) is 11.8. The van der Waals surface area contributed by atoms with E-state index in [2.05, 4.69) is 16.0 Å². The monoisotopic (exact) mass is 409 g/mol. The number of amides is 4. The van der Waals surface area contributed by atoms with Gasteiger partial charge >= 0.3 is 12.0 Å². The number of imide groups is 1. The van der Waals surface area contributed by atoms with E-state index >= 15 is 0 Å². The van der Waals surface area contributed by atoms with Crippen molar-refractivity contribution in [3.63, 3.8) is 0 Å². The minimum absolute atomic E-state index is 0.119. The van der Waals surface area contributed by atoms with E-state index in [-0.39, 0.29) is 11.3 Å². The number of benzene rings is 2. The molecule has 0 aliphatic carbocycles. The van der Waals surface area contributed by atoms with Gasteiger partial charge in [-0.2, -0.15) is 0 Å². The first-order valence-corrected chi connectivity index (χ1v) is 9.01. The lowest BCUT2D eigenvalue weighted by Gasteiger charge is -2.21. The molecule has 0 bridgehead atoms. The Balaban J connectivity index is 1.63. The Labute approximate surface area is 171 Å². The van der Waals surface area contributed by atoms with Gasteiger partial charge in [-0.15, -0.1) is 0 Å². The molecule has 30 heavy (non-hydrogen) atoms. The number of hydrogen-bond acceptors (Lipinski definition) is 6. The molecule has 9 nitrogen and oxygen atoms in total. The van der Waals surface area contributed by atoms with Crippen LogP contribution >= 0.6 is 0 Å². The van der Waals surface area contributed by atoms with Crippen molar-refractivity contribution in [2.24, 2.45) is 0 Å². The zero-order valence-corrected chi connectivity index (χ0v) is 16.3. The van der Waals surface area contributed by atoms with Gasteiger partial charge in [0.1, 0.15) is 5.54 Å². The summed E-state index contributed by atoms with van der Waals surface area (Å²) in [5, 5.41) is 7.21. The highest BCUT2D eigenvalue weighted by Gasteiger charge is 2.43. The topological polar surface area (TPSA) is 131 Å². The number of ketones is 1. The SMILES string of the molecule is CC(=O)c1cccc(NC(=O)COC(=O)c2cccc([C@]3(C)NC(=O)NC3=O)c2)c1. The number of esters is 1. The Bertz CT molecular complexity index is 1060. The highest BCUT2D eigenvalue weighted by Crippen LogP contribution is 2.25. The fourth-order valence-corrected chi connectivity index (χ4v) is 2.93. The third kappa shape index (κ3) is 4.35. The van der Waals surface area contributed by atoms with Crippen LogP contribution in [-0.2, 0) is 19.9 Å². The predicted octanol–water partition coefficient (Wildman–Crippen LogP) is 1.74. The third-order valence-corrected chi connectivity index (χ3v) is 4.61. The summed E-state index contributed by atoms with van der Waals surface area (Å²) < 4.78 is 5.03. The van der Waals surface area contributed by atoms with Crippen molar-refractivity contribution >= 4 is 35.3 Å². The van der Waals surface area contributed by atoms with Gasteiger partial charge in [0.25, 0.3) is 11.8 Å². The molecule has 4 amide bonds. The van der Waals surface area contributed by atoms with E-state index in [9.17, 15) is 24.0 Å². The molecule has 1 heterocycles. The molecule has 0 aromatic heterocycles. The number of hydrogen-bond donors (Lipinski definition) is 3. The van der Waals surface area contributed by atoms with Crippen molar-refractivity contribution in [2.45, 2.75) is 19.4 Å². The molecular formula is C21H19N3O6. The number of nitrogens with one attached hydrogen (secondary N) is 3. The van der Waals surface area contributed by atoms with Crippen LogP contribution in [0.1, 0.15) is 40.1 Å². The highest BCUT2D eigenvalue weighted by molar-refractivity contribution is 6.07. The summed E-state index contributed by atoms with van der Waals surface area (Å²) in [7, 11) is 0. The normalized spacial score (nSPS) is 17.7. The lowest BCUT2D eigenvalue weighted by atomic mass is 9.91. The Morgan fingerprint density at radius 3 is 2.40 bits per heavy atom. The van der Waals surface area contributed by atoms with Crippen LogP contribution < -0.4 is 16.0 Å². The number of ether oxygens (including phenoxy) is 1. The van der Waals surface area contributed by atoms with Crippen molar-refractivity contribution in [2.75, 3.05) is 11.9 Å². The molecule has 3 N–H and O–H groups in total. The Kier molecular flexibility index (Phi) is 5.63. The van der Waals surface area contributed by atoms with Crippen molar-refractivity contribution in [3.8, 4) is 0 Å². The molecule has 0 unspecified atom stereocenters. The highest BCUT2D eigenvalue weighted by atomic mass is 16.5. The van der Waals surface area contributed by atoms with Gasteiger partial charge in [-0.3, -0.25) is 19.7 Å². The van der Waals surface area contributed by atoms with E-state index in [0.29, 0.717) is 16.8 Å². The van der Waals surface area contributed by atoms with Crippen molar-refractivity contribution in [3.05, 3.63) is 65.2 Å². The van der Waals surface area contributed by atoms with E-state index in [1.54, 1.807) is 30.3 Å². The minimum atomic E-state index is -1.31. The number of carbonyl (C=O) groups excluding carboxylic acids is 5. The molecule has 1 aliphatic rings. The quantitative estimate of drug-likeness (QED) is 0.378. The fraction of sp³-hybridized carbons (Fsp3) is 0.190. The first-order valence-electron chi connectivity index (χ1n) is 9.01. The molecule has 0 saturated carbocycles. The Hall–Kier alpha value is -4.01. The fourth-order valence-electron chi connectivity index (χ4n) is 2.93. The second-order valence-corrected chi connectivity index (χ2v) is 6.88. The zero-order valence-electron chi connectivity index (χ0n) is 16.3. The zero-order chi connectivity index (χ0) is 21.9. The summed E-state index contributed by atoms with van der Waals surface area (Å²) in [4.78, 5) is 59.3. The predicted molar refractivity (Wildman–Crippen MR) is 106 cm³/mol. The van der Waals surface area contributed by atoms with Crippen LogP contribution in [0, 0.1) is 0 Å². The van der Waals surface area contributed by atoms with Gasteiger partial charge in [0.15, 0.2) is 12.4 Å². The molecule has 3 rings (SSSR count). The molecule has 0 spiro atoms. The van der Waals surface area contributed by atoms with Gasteiger partial charge in [0.05, 0.1) is 5.56 Å². The van der Waals surface area contributed by atoms with Crippen LogP contribution in [0.4, 0.5) is 10.5 Å². The van der Waals surface area contributed by atoms with Crippen molar-refractivity contribution in [1.82, 2.24) is 10.6 Å². The van der Waals surface area contributed by atoms with Crippen molar-refractivity contribution < 1.29 is 28.7 Å². The van der Waals surface area contributed by atoms with Gasteiger partial charge in [-0.1, -0.05) is 24.3 Å². The average molecular weight is 409 g/mol. The van der Waals surface area contributed by atoms with Gasteiger partial charge in [0, 0.05) is 11.3 Å². The molecule has 1 saturated heterocycles. The molecule has 1 aliphatic heterocycles. The summed E-state index contributed by atoms with van der Waals surface area (Å²) >= 11 is 0. The number of Topliss-reactive ketones (excluding diaryl/α,β-unsaturated/α-hetero) is 1. The standard InChI is InChI=1S/C21H19N3O6/c1-12(25)13-5-4-8-16(10-13)22-17(26)11-30-18(27)14-6-3-7-15(9-14)21(2)19(28)23-20(29)24-21/h3-10H,11H2,1-2H3,(H,22,26)(H2,23,24,28,29)/t21-/m0/s1. The molecule has 0 radical (unpaired) electrons. The van der Waals surface area contributed by atoms with E-state index < -0.39 is 36.0 Å². The van der Waals surface area contributed by atoms with Crippen LogP contribution in [0.15, 0.2) is 48.5 Å². The van der Waals surface area contributed by atoms with Gasteiger partial charge in [0.2, 0.25) is 0 Å². The maximum absolute atomic E-state index is 12.3. The molecular weight excluding hydrogens is 390 g/mol. The van der Waals surface area contributed by atoms with E-state index in [4.69, 9.17) is 4.74 Å². The lowest BCUT2D eigenvalue weighted by Crippen LogP contribution is -2.40. The molecule has 1 fully saturated rings.